The van der Waals surface area contributed by atoms with Crippen molar-refractivity contribution in [1.82, 2.24) is 0 Å². The van der Waals surface area contributed by atoms with Gasteiger partial charge >= 0.3 is 5.97 Å². The van der Waals surface area contributed by atoms with Crippen LogP contribution in [0.3, 0.4) is 0 Å². The molecule has 1 atom stereocenters. The first kappa shape index (κ1) is 10.7. The summed E-state index contributed by atoms with van der Waals surface area (Å²) in [5, 5.41) is 0. The maximum Gasteiger partial charge on any atom is 0.314 e. The number of hydrogen-bond donors (Lipinski definition) is 1. The Morgan fingerprint density at radius 3 is 2.50 bits per heavy atom. The summed E-state index contributed by atoms with van der Waals surface area (Å²) in [6, 6.07) is 5.65. The Balaban J connectivity index is 2.89. The zero-order valence-corrected chi connectivity index (χ0v) is 7.87. The summed E-state index contributed by atoms with van der Waals surface area (Å²) in [6.07, 6.45) is 0. The lowest BCUT2D eigenvalue weighted by Crippen LogP contribution is -2.22. The van der Waals surface area contributed by atoms with Crippen molar-refractivity contribution >= 4 is 5.97 Å². The molecular weight excluding hydrogens is 185 g/mol. The van der Waals surface area contributed by atoms with Gasteiger partial charge in [-0.05, 0) is 17.7 Å². The average Bonchev–Trinajstić information content (AvgIpc) is 2.21. The van der Waals surface area contributed by atoms with Crippen molar-refractivity contribution < 1.29 is 13.9 Å². The zero-order chi connectivity index (χ0) is 10.6. The van der Waals surface area contributed by atoms with Crippen LogP contribution in [-0.4, -0.2) is 19.6 Å². The molecule has 0 aliphatic heterocycles. The predicted molar refractivity (Wildman–Crippen MR) is 50.2 cm³/mol. The van der Waals surface area contributed by atoms with Crippen LogP contribution >= 0.6 is 0 Å². The fraction of sp³-hybridized carbons (Fsp3) is 0.300. The van der Waals surface area contributed by atoms with Gasteiger partial charge < -0.3 is 10.5 Å². The van der Waals surface area contributed by atoms with E-state index in [1.54, 1.807) is 0 Å². The monoisotopic (exact) mass is 197 g/mol. The van der Waals surface area contributed by atoms with Gasteiger partial charge in [0.15, 0.2) is 0 Å². The molecule has 0 fully saturated rings. The second-order valence-corrected chi connectivity index (χ2v) is 2.86. The lowest BCUT2D eigenvalue weighted by molar-refractivity contribution is -0.142. The fourth-order valence-corrected chi connectivity index (χ4v) is 1.21. The highest BCUT2D eigenvalue weighted by atomic mass is 19.1. The summed E-state index contributed by atoms with van der Waals surface area (Å²) in [5.41, 5.74) is 6.09. The van der Waals surface area contributed by atoms with Gasteiger partial charge in [0.1, 0.15) is 5.82 Å². The Morgan fingerprint density at radius 2 is 2.07 bits per heavy atom. The molecule has 0 amide bonds. The quantitative estimate of drug-likeness (QED) is 0.736. The van der Waals surface area contributed by atoms with Gasteiger partial charge in [0, 0.05) is 6.54 Å². The number of nitrogens with two attached hydrogens (primary N) is 1. The van der Waals surface area contributed by atoms with Crippen molar-refractivity contribution in [3.8, 4) is 0 Å². The molecule has 1 aromatic rings. The molecular formula is C10H12FNO2. The van der Waals surface area contributed by atoms with Gasteiger partial charge in [-0.1, -0.05) is 12.1 Å². The van der Waals surface area contributed by atoms with Gasteiger partial charge in [0.05, 0.1) is 13.0 Å². The van der Waals surface area contributed by atoms with Crippen LogP contribution in [0.1, 0.15) is 11.5 Å². The second-order valence-electron chi connectivity index (χ2n) is 2.86. The molecule has 0 unspecified atom stereocenters. The fourth-order valence-electron chi connectivity index (χ4n) is 1.21. The van der Waals surface area contributed by atoms with Crippen LogP contribution < -0.4 is 5.73 Å². The standard InChI is InChI=1S/C10H12FNO2/c1-14-10(13)9(6-12)7-2-4-8(11)5-3-7/h2-5,9H,6,12H2,1H3/t9-/m1/s1. The van der Waals surface area contributed by atoms with Crippen molar-refractivity contribution in [1.29, 1.82) is 0 Å². The predicted octanol–water partition coefficient (Wildman–Crippen LogP) is 1.04. The van der Waals surface area contributed by atoms with E-state index in [4.69, 9.17) is 5.73 Å². The molecule has 2 N–H and O–H groups in total. The first-order valence-electron chi connectivity index (χ1n) is 4.22. The summed E-state index contributed by atoms with van der Waals surface area (Å²) in [6.45, 7) is 0.151. The van der Waals surface area contributed by atoms with Crippen LogP contribution in [0, 0.1) is 5.82 Å². The van der Waals surface area contributed by atoms with Crippen molar-refractivity contribution in [2.45, 2.75) is 5.92 Å². The van der Waals surface area contributed by atoms with Crippen LogP contribution in [0.15, 0.2) is 24.3 Å². The molecule has 1 aromatic carbocycles. The van der Waals surface area contributed by atoms with E-state index in [0.717, 1.165) is 0 Å². The molecule has 0 spiro atoms. The van der Waals surface area contributed by atoms with Crippen molar-refractivity contribution in [2.24, 2.45) is 5.73 Å². The molecule has 1 rings (SSSR count). The van der Waals surface area contributed by atoms with E-state index < -0.39 is 11.9 Å². The number of hydrogen-bond acceptors (Lipinski definition) is 3. The van der Waals surface area contributed by atoms with E-state index in [2.05, 4.69) is 4.74 Å². The summed E-state index contributed by atoms with van der Waals surface area (Å²) >= 11 is 0. The highest BCUT2D eigenvalue weighted by Gasteiger charge is 2.19. The molecule has 3 nitrogen and oxygen atoms in total. The average molecular weight is 197 g/mol. The van der Waals surface area contributed by atoms with E-state index in [0.29, 0.717) is 5.56 Å². The number of carbonyl (C=O) groups is 1. The molecule has 0 heterocycles. The normalized spacial score (nSPS) is 12.2. The highest BCUT2D eigenvalue weighted by molar-refractivity contribution is 5.78. The minimum Gasteiger partial charge on any atom is -0.469 e. The second kappa shape index (κ2) is 4.72. The largest absolute Gasteiger partial charge is 0.469 e. The summed E-state index contributed by atoms with van der Waals surface area (Å²) < 4.78 is 17.2. The Hall–Kier alpha value is -1.42. The Morgan fingerprint density at radius 1 is 1.50 bits per heavy atom. The molecule has 0 bridgehead atoms. The highest BCUT2D eigenvalue weighted by Crippen LogP contribution is 2.16. The number of carbonyl (C=O) groups excluding carboxylic acids is 1. The van der Waals surface area contributed by atoms with Crippen LogP contribution in [0.2, 0.25) is 0 Å². The Labute approximate surface area is 81.7 Å². The van der Waals surface area contributed by atoms with Crippen LogP contribution in [0.4, 0.5) is 4.39 Å². The van der Waals surface area contributed by atoms with Crippen molar-refractivity contribution in [3.05, 3.63) is 35.6 Å². The summed E-state index contributed by atoms with van der Waals surface area (Å²) in [4.78, 5) is 11.2. The third-order valence-electron chi connectivity index (χ3n) is 1.99. The number of methoxy groups -OCH3 is 1. The molecule has 76 valence electrons. The van der Waals surface area contributed by atoms with E-state index in [9.17, 15) is 9.18 Å². The Kier molecular flexibility index (Phi) is 3.59. The van der Waals surface area contributed by atoms with Crippen LogP contribution in [0.5, 0.6) is 0 Å². The summed E-state index contributed by atoms with van der Waals surface area (Å²) in [7, 11) is 1.30. The van der Waals surface area contributed by atoms with Crippen LogP contribution in [0.25, 0.3) is 0 Å². The van der Waals surface area contributed by atoms with Gasteiger partial charge in [-0.3, -0.25) is 4.79 Å². The van der Waals surface area contributed by atoms with Gasteiger partial charge in [-0.15, -0.1) is 0 Å². The molecule has 0 radical (unpaired) electrons. The first-order valence-corrected chi connectivity index (χ1v) is 4.22. The topological polar surface area (TPSA) is 52.3 Å². The molecule has 0 aliphatic carbocycles. The smallest absolute Gasteiger partial charge is 0.314 e. The maximum atomic E-state index is 12.6. The molecule has 0 aromatic heterocycles. The number of rotatable bonds is 3. The molecule has 0 saturated carbocycles. The SMILES string of the molecule is COC(=O)[C@H](CN)c1ccc(F)cc1. The first-order chi connectivity index (χ1) is 6.69. The van der Waals surface area contributed by atoms with E-state index in [1.807, 2.05) is 0 Å². The van der Waals surface area contributed by atoms with Crippen molar-refractivity contribution in [3.63, 3.8) is 0 Å². The van der Waals surface area contributed by atoms with Crippen LogP contribution in [-0.2, 0) is 9.53 Å². The minimum atomic E-state index is -0.513. The molecule has 14 heavy (non-hydrogen) atoms. The third kappa shape index (κ3) is 2.29. The van der Waals surface area contributed by atoms with Crippen molar-refractivity contribution in [2.75, 3.05) is 13.7 Å². The summed E-state index contributed by atoms with van der Waals surface area (Å²) in [5.74, 6) is -1.26. The maximum absolute atomic E-state index is 12.6. The number of benzene rings is 1. The van der Waals surface area contributed by atoms with E-state index >= 15 is 0 Å². The van der Waals surface area contributed by atoms with Gasteiger partial charge in [0.2, 0.25) is 0 Å². The zero-order valence-electron chi connectivity index (χ0n) is 7.87. The van der Waals surface area contributed by atoms with E-state index in [-0.39, 0.29) is 12.4 Å². The van der Waals surface area contributed by atoms with Gasteiger partial charge in [0.25, 0.3) is 0 Å². The molecule has 0 saturated heterocycles. The Bertz CT molecular complexity index is 310. The van der Waals surface area contributed by atoms with Gasteiger partial charge in [-0.2, -0.15) is 0 Å². The molecule has 4 heteroatoms. The van der Waals surface area contributed by atoms with E-state index in [1.165, 1.54) is 31.4 Å². The lowest BCUT2D eigenvalue weighted by Gasteiger charge is -2.11. The number of halogens is 1. The number of esters is 1. The third-order valence-corrected chi connectivity index (χ3v) is 1.99. The lowest BCUT2D eigenvalue weighted by atomic mass is 9.99. The van der Waals surface area contributed by atoms with Gasteiger partial charge in [-0.25, -0.2) is 4.39 Å². The molecule has 0 aliphatic rings. The number of ether oxygens (including phenoxy) is 1. The minimum absolute atomic E-state index is 0.151.